The van der Waals surface area contributed by atoms with E-state index in [1.807, 2.05) is 25.1 Å². The van der Waals surface area contributed by atoms with Crippen LogP contribution in [0.4, 0.5) is 0 Å². The van der Waals surface area contributed by atoms with E-state index in [2.05, 4.69) is 15.9 Å². The van der Waals surface area contributed by atoms with Crippen molar-refractivity contribution < 1.29 is 14.3 Å². The molecule has 2 aromatic rings. The van der Waals surface area contributed by atoms with Gasteiger partial charge in [-0.25, -0.2) is 0 Å². The van der Waals surface area contributed by atoms with Crippen molar-refractivity contribution >= 4 is 21.7 Å². The zero-order valence-corrected chi connectivity index (χ0v) is 12.9. The quantitative estimate of drug-likeness (QED) is 0.772. The van der Waals surface area contributed by atoms with E-state index in [0.717, 1.165) is 4.47 Å². The lowest BCUT2D eigenvalue weighted by Crippen LogP contribution is -2.07. The number of rotatable bonds is 5. The average Bonchev–Trinajstić information content (AvgIpc) is 2.47. The third-order valence-electron chi connectivity index (χ3n) is 2.84. The second-order valence-electron chi connectivity index (χ2n) is 4.10. The Labute approximate surface area is 126 Å². The van der Waals surface area contributed by atoms with Crippen LogP contribution in [0.3, 0.4) is 0 Å². The van der Waals surface area contributed by atoms with E-state index in [9.17, 15) is 4.79 Å². The summed E-state index contributed by atoms with van der Waals surface area (Å²) in [6.45, 7) is 2.40. The second kappa shape index (κ2) is 6.57. The van der Waals surface area contributed by atoms with Crippen LogP contribution in [0.5, 0.6) is 11.5 Å². The van der Waals surface area contributed by atoms with Gasteiger partial charge in [-0.15, -0.1) is 0 Å². The van der Waals surface area contributed by atoms with Crippen LogP contribution < -0.4 is 9.47 Å². The fraction of sp³-hybridized carbons (Fsp3) is 0.188. The van der Waals surface area contributed by atoms with E-state index in [1.54, 1.807) is 31.4 Å². The van der Waals surface area contributed by atoms with Gasteiger partial charge < -0.3 is 9.47 Å². The van der Waals surface area contributed by atoms with Crippen LogP contribution in [-0.2, 0) is 0 Å². The molecule has 20 heavy (non-hydrogen) atoms. The lowest BCUT2D eigenvalue weighted by Gasteiger charge is -2.11. The van der Waals surface area contributed by atoms with Gasteiger partial charge in [0.1, 0.15) is 11.5 Å². The molecule has 2 aromatic carbocycles. The van der Waals surface area contributed by atoms with E-state index in [4.69, 9.17) is 9.47 Å². The lowest BCUT2D eigenvalue weighted by molar-refractivity contribution is 0.103. The van der Waals surface area contributed by atoms with Gasteiger partial charge >= 0.3 is 0 Å². The molecule has 0 spiro atoms. The summed E-state index contributed by atoms with van der Waals surface area (Å²) in [7, 11) is 1.55. The molecule has 2 rings (SSSR count). The Morgan fingerprint density at radius 2 is 1.85 bits per heavy atom. The standard InChI is InChI=1S/C16H15BrO3/c1-3-20-15-7-5-4-6-12(15)16(18)13-10-11(17)8-9-14(13)19-2/h4-10H,3H2,1-2H3. The second-order valence-corrected chi connectivity index (χ2v) is 5.02. The molecular formula is C16H15BrO3. The predicted molar refractivity (Wildman–Crippen MR) is 81.7 cm³/mol. The van der Waals surface area contributed by atoms with Crippen LogP contribution in [0, 0.1) is 0 Å². The smallest absolute Gasteiger partial charge is 0.200 e. The van der Waals surface area contributed by atoms with Gasteiger partial charge in [0.25, 0.3) is 0 Å². The van der Waals surface area contributed by atoms with Crippen molar-refractivity contribution in [1.29, 1.82) is 0 Å². The number of para-hydroxylation sites is 1. The molecule has 0 aliphatic carbocycles. The number of methoxy groups -OCH3 is 1. The number of ether oxygens (including phenoxy) is 2. The minimum Gasteiger partial charge on any atom is -0.496 e. The summed E-state index contributed by atoms with van der Waals surface area (Å²) in [4.78, 5) is 12.7. The minimum absolute atomic E-state index is 0.118. The number of halogens is 1. The molecule has 0 aromatic heterocycles. The van der Waals surface area contributed by atoms with E-state index >= 15 is 0 Å². The highest BCUT2D eigenvalue weighted by Crippen LogP contribution is 2.28. The molecule has 0 saturated heterocycles. The minimum atomic E-state index is -0.118. The van der Waals surface area contributed by atoms with Crippen LogP contribution in [0.25, 0.3) is 0 Å². The molecule has 0 radical (unpaired) electrons. The number of hydrogen-bond donors (Lipinski definition) is 0. The Balaban J connectivity index is 2.49. The van der Waals surface area contributed by atoms with Gasteiger partial charge in [-0.2, -0.15) is 0 Å². The van der Waals surface area contributed by atoms with Gasteiger partial charge in [-0.05, 0) is 37.3 Å². The summed E-state index contributed by atoms with van der Waals surface area (Å²) in [6.07, 6.45) is 0. The molecule has 0 bridgehead atoms. The summed E-state index contributed by atoms with van der Waals surface area (Å²) < 4.78 is 11.6. The average molecular weight is 335 g/mol. The highest BCUT2D eigenvalue weighted by Gasteiger charge is 2.18. The van der Waals surface area contributed by atoms with Crippen molar-refractivity contribution in [2.24, 2.45) is 0 Å². The predicted octanol–water partition coefficient (Wildman–Crippen LogP) is 4.09. The van der Waals surface area contributed by atoms with Crippen LogP contribution >= 0.6 is 15.9 Å². The summed E-state index contributed by atoms with van der Waals surface area (Å²) in [5, 5.41) is 0. The monoisotopic (exact) mass is 334 g/mol. The Morgan fingerprint density at radius 1 is 1.10 bits per heavy atom. The van der Waals surface area contributed by atoms with E-state index in [-0.39, 0.29) is 5.78 Å². The largest absolute Gasteiger partial charge is 0.496 e. The number of ketones is 1. The van der Waals surface area contributed by atoms with Crippen molar-refractivity contribution in [3.63, 3.8) is 0 Å². The van der Waals surface area contributed by atoms with E-state index in [0.29, 0.717) is 29.2 Å². The molecule has 0 saturated carbocycles. The van der Waals surface area contributed by atoms with Crippen LogP contribution in [-0.4, -0.2) is 19.5 Å². The fourth-order valence-electron chi connectivity index (χ4n) is 1.94. The van der Waals surface area contributed by atoms with Gasteiger partial charge in [-0.1, -0.05) is 28.1 Å². The molecule has 4 heteroatoms. The molecule has 0 atom stereocenters. The number of benzene rings is 2. The Kier molecular flexibility index (Phi) is 4.79. The maximum absolute atomic E-state index is 12.7. The Hall–Kier alpha value is -1.81. The zero-order chi connectivity index (χ0) is 14.5. The van der Waals surface area contributed by atoms with Gasteiger partial charge in [0.15, 0.2) is 0 Å². The SMILES string of the molecule is CCOc1ccccc1C(=O)c1cc(Br)ccc1OC. The summed E-state index contributed by atoms with van der Waals surface area (Å²) in [6, 6.07) is 12.6. The molecule has 0 unspecified atom stereocenters. The summed E-state index contributed by atoms with van der Waals surface area (Å²) >= 11 is 3.38. The van der Waals surface area contributed by atoms with Gasteiger partial charge in [0, 0.05) is 4.47 Å². The van der Waals surface area contributed by atoms with Crippen molar-refractivity contribution in [3.8, 4) is 11.5 Å². The van der Waals surface area contributed by atoms with E-state index in [1.165, 1.54) is 0 Å². The van der Waals surface area contributed by atoms with Crippen LogP contribution in [0.2, 0.25) is 0 Å². The molecule has 0 heterocycles. The molecule has 104 valence electrons. The number of hydrogen-bond acceptors (Lipinski definition) is 3. The van der Waals surface area contributed by atoms with Crippen LogP contribution in [0.15, 0.2) is 46.9 Å². The highest BCUT2D eigenvalue weighted by atomic mass is 79.9. The number of carbonyl (C=O) groups is 1. The highest BCUT2D eigenvalue weighted by molar-refractivity contribution is 9.10. The molecular weight excluding hydrogens is 320 g/mol. The molecule has 0 fully saturated rings. The summed E-state index contributed by atoms with van der Waals surface area (Å²) in [5.74, 6) is 1.01. The lowest BCUT2D eigenvalue weighted by atomic mass is 10.0. The first-order valence-electron chi connectivity index (χ1n) is 6.27. The molecule has 0 N–H and O–H groups in total. The van der Waals surface area contributed by atoms with E-state index < -0.39 is 0 Å². The fourth-order valence-corrected chi connectivity index (χ4v) is 2.30. The summed E-state index contributed by atoms with van der Waals surface area (Å²) in [5.41, 5.74) is 1.04. The van der Waals surface area contributed by atoms with Gasteiger partial charge in [0.2, 0.25) is 5.78 Å². The molecule has 0 aliphatic heterocycles. The third-order valence-corrected chi connectivity index (χ3v) is 3.33. The van der Waals surface area contributed by atoms with Crippen molar-refractivity contribution in [3.05, 3.63) is 58.1 Å². The first kappa shape index (κ1) is 14.6. The maximum Gasteiger partial charge on any atom is 0.200 e. The zero-order valence-electron chi connectivity index (χ0n) is 11.4. The number of carbonyl (C=O) groups excluding carboxylic acids is 1. The third kappa shape index (κ3) is 3.02. The molecule has 0 aliphatic rings. The topological polar surface area (TPSA) is 35.5 Å². The van der Waals surface area contributed by atoms with Crippen LogP contribution in [0.1, 0.15) is 22.8 Å². The maximum atomic E-state index is 12.7. The van der Waals surface area contributed by atoms with Gasteiger partial charge in [0.05, 0.1) is 24.8 Å². The van der Waals surface area contributed by atoms with Crippen molar-refractivity contribution in [2.45, 2.75) is 6.92 Å². The van der Waals surface area contributed by atoms with Gasteiger partial charge in [-0.3, -0.25) is 4.79 Å². The first-order chi connectivity index (χ1) is 9.67. The van der Waals surface area contributed by atoms with Crippen molar-refractivity contribution in [2.75, 3.05) is 13.7 Å². The van der Waals surface area contributed by atoms with Crippen molar-refractivity contribution in [1.82, 2.24) is 0 Å². The first-order valence-corrected chi connectivity index (χ1v) is 7.06. The Morgan fingerprint density at radius 3 is 2.55 bits per heavy atom. The molecule has 0 amide bonds. The normalized spacial score (nSPS) is 10.2. The molecule has 3 nitrogen and oxygen atoms in total. The Bertz CT molecular complexity index is 623.